The zero-order valence-corrected chi connectivity index (χ0v) is 18.0. The Morgan fingerprint density at radius 2 is 1.88 bits per heavy atom. The van der Waals surface area contributed by atoms with Gasteiger partial charge in [-0.3, -0.25) is 9.59 Å². The lowest BCUT2D eigenvalue weighted by Crippen LogP contribution is -2.30. The molecule has 0 aliphatic rings. The van der Waals surface area contributed by atoms with Gasteiger partial charge in [-0.05, 0) is 44.2 Å². The maximum absolute atomic E-state index is 12.5. The second-order valence-electron chi connectivity index (χ2n) is 7.30. The Morgan fingerprint density at radius 1 is 1.09 bits per heavy atom. The zero-order valence-electron chi connectivity index (χ0n) is 18.0. The number of esters is 1. The number of aromatic nitrogens is 2. The van der Waals surface area contributed by atoms with Gasteiger partial charge < -0.3 is 19.3 Å². The summed E-state index contributed by atoms with van der Waals surface area (Å²) in [6, 6.07) is 18.2. The molecule has 1 amide bonds. The van der Waals surface area contributed by atoms with Gasteiger partial charge in [0.25, 0.3) is 11.5 Å². The van der Waals surface area contributed by atoms with E-state index in [-0.39, 0.29) is 18.1 Å². The number of hydrogen-bond donors (Lipinski definition) is 1. The highest BCUT2D eigenvalue weighted by atomic mass is 16.5. The lowest BCUT2D eigenvalue weighted by molar-refractivity contribution is -0.122. The largest absolute Gasteiger partial charge is 0.481 e. The van der Waals surface area contributed by atoms with Crippen molar-refractivity contribution >= 4 is 23.2 Å². The van der Waals surface area contributed by atoms with Gasteiger partial charge in [0, 0.05) is 17.8 Å². The van der Waals surface area contributed by atoms with E-state index in [1.807, 2.05) is 18.2 Å². The lowest BCUT2D eigenvalue weighted by Gasteiger charge is -2.15. The fraction of sp³-hybridized carbons (Fsp3) is 0.167. The van der Waals surface area contributed by atoms with Crippen LogP contribution in [0.1, 0.15) is 28.7 Å². The molecule has 0 unspecified atom stereocenters. The minimum atomic E-state index is -0.741. The monoisotopic (exact) mass is 447 g/mol. The Bertz CT molecular complexity index is 1360. The van der Waals surface area contributed by atoms with E-state index in [2.05, 4.69) is 10.3 Å². The Morgan fingerprint density at radius 3 is 2.67 bits per heavy atom. The molecule has 0 fully saturated rings. The molecule has 0 radical (unpaired) electrons. The van der Waals surface area contributed by atoms with Crippen LogP contribution in [0.5, 0.6) is 5.75 Å². The first-order valence-corrected chi connectivity index (χ1v) is 10.2. The van der Waals surface area contributed by atoms with Gasteiger partial charge in [0.2, 0.25) is 0 Å². The van der Waals surface area contributed by atoms with Gasteiger partial charge in [0.05, 0.1) is 11.3 Å². The van der Waals surface area contributed by atoms with Crippen LogP contribution in [0.2, 0.25) is 0 Å². The van der Waals surface area contributed by atoms with E-state index < -0.39 is 17.6 Å². The van der Waals surface area contributed by atoms with Crippen LogP contribution >= 0.6 is 0 Å². The predicted octanol–water partition coefficient (Wildman–Crippen LogP) is 3.36. The SMILES string of the molecule is Cc1cc2nc(COC(=O)c3cccc(NC(=O)[C@@H](C)Oc4ccccc4)c3)cc(=O)n2o1. The Hall–Kier alpha value is -4.40. The third-order valence-electron chi connectivity index (χ3n) is 4.67. The fourth-order valence-corrected chi connectivity index (χ4v) is 3.09. The number of benzene rings is 2. The van der Waals surface area contributed by atoms with Gasteiger partial charge in [-0.25, -0.2) is 9.78 Å². The highest BCUT2D eigenvalue weighted by Gasteiger charge is 2.16. The van der Waals surface area contributed by atoms with Crippen LogP contribution in [0.25, 0.3) is 5.65 Å². The number of nitrogens with zero attached hydrogens (tertiary/aromatic N) is 2. The molecule has 9 heteroatoms. The first-order chi connectivity index (χ1) is 15.9. The molecule has 33 heavy (non-hydrogen) atoms. The predicted molar refractivity (Wildman–Crippen MR) is 119 cm³/mol. The normalized spacial score (nSPS) is 11.7. The van der Waals surface area contributed by atoms with E-state index in [1.165, 1.54) is 12.1 Å². The van der Waals surface area contributed by atoms with Crippen molar-refractivity contribution in [1.82, 2.24) is 9.56 Å². The van der Waals surface area contributed by atoms with Gasteiger partial charge in [0.1, 0.15) is 18.1 Å². The highest BCUT2D eigenvalue weighted by molar-refractivity contribution is 5.96. The van der Waals surface area contributed by atoms with Crippen molar-refractivity contribution in [3.8, 4) is 5.75 Å². The number of anilines is 1. The number of para-hydroxylation sites is 1. The maximum atomic E-state index is 12.5. The van der Waals surface area contributed by atoms with Gasteiger partial charge in [-0.1, -0.05) is 24.3 Å². The molecule has 0 saturated heterocycles. The molecule has 2 aromatic heterocycles. The molecule has 2 heterocycles. The summed E-state index contributed by atoms with van der Waals surface area (Å²) in [6.07, 6.45) is -0.741. The highest BCUT2D eigenvalue weighted by Crippen LogP contribution is 2.15. The number of rotatable bonds is 7. The quantitative estimate of drug-likeness (QED) is 0.432. The summed E-state index contributed by atoms with van der Waals surface area (Å²) in [5.74, 6) is 0.133. The number of nitrogens with one attached hydrogen (secondary N) is 1. The number of ether oxygens (including phenoxy) is 2. The van der Waals surface area contributed by atoms with Crippen molar-refractivity contribution < 1.29 is 23.6 Å². The Balaban J connectivity index is 1.38. The number of aryl methyl sites for hydroxylation is 1. The summed E-state index contributed by atoms with van der Waals surface area (Å²) < 4.78 is 17.2. The Labute approximate surface area is 188 Å². The summed E-state index contributed by atoms with van der Waals surface area (Å²) in [5.41, 5.74) is 0.884. The van der Waals surface area contributed by atoms with Crippen molar-refractivity contribution in [3.63, 3.8) is 0 Å². The molecule has 0 aliphatic heterocycles. The third-order valence-corrected chi connectivity index (χ3v) is 4.67. The molecule has 0 aliphatic carbocycles. The molecule has 1 atom stereocenters. The van der Waals surface area contributed by atoms with Crippen LogP contribution in [-0.4, -0.2) is 27.5 Å². The molecule has 4 aromatic rings. The van der Waals surface area contributed by atoms with Crippen LogP contribution in [0.15, 0.2) is 76.0 Å². The molecule has 4 rings (SSSR count). The van der Waals surface area contributed by atoms with E-state index in [4.69, 9.17) is 14.0 Å². The summed E-state index contributed by atoms with van der Waals surface area (Å²) in [5, 5.41) is 2.72. The van der Waals surface area contributed by atoms with Crippen LogP contribution in [0, 0.1) is 6.92 Å². The van der Waals surface area contributed by atoms with E-state index >= 15 is 0 Å². The van der Waals surface area contributed by atoms with Crippen LogP contribution < -0.4 is 15.6 Å². The zero-order chi connectivity index (χ0) is 23.4. The van der Waals surface area contributed by atoms with Gasteiger partial charge in [-0.2, -0.15) is 0 Å². The molecular formula is C24H21N3O6. The first kappa shape index (κ1) is 21.8. The van der Waals surface area contributed by atoms with Crippen molar-refractivity contribution in [2.45, 2.75) is 26.6 Å². The number of hydrogen-bond acceptors (Lipinski definition) is 7. The summed E-state index contributed by atoms with van der Waals surface area (Å²) >= 11 is 0. The van der Waals surface area contributed by atoms with Crippen LogP contribution in [0.3, 0.4) is 0 Å². The lowest BCUT2D eigenvalue weighted by atomic mass is 10.2. The minimum Gasteiger partial charge on any atom is -0.481 e. The maximum Gasteiger partial charge on any atom is 0.338 e. The van der Waals surface area contributed by atoms with Gasteiger partial charge in [0.15, 0.2) is 11.8 Å². The molecule has 2 aromatic carbocycles. The summed E-state index contributed by atoms with van der Waals surface area (Å²) in [7, 11) is 0. The average Bonchev–Trinajstić information content (AvgIpc) is 3.19. The molecule has 9 nitrogen and oxygen atoms in total. The molecule has 0 saturated carbocycles. The number of carbonyl (C=O) groups is 2. The first-order valence-electron chi connectivity index (χ1n) is 10.2. The second kappa shape index (κ2) is 9.39. The second-order valence-corrected chi connectivity index (χ2v) is 7.30. The average molecular weight is 447 g/mol. The molecule has 1 N–H and O–H groups in total. The van der Waals surface area contributed by atoms with E-state index in [1.54, 1.807) is 50.2 Å². The summed E-state index contributed by atoms with van der Waals surface area (Å²) in [4.78, 5) is 41.3. The summed E-state index contributed by atoms with van der Waals surface area (Å²) in [6.45, 7) is 3.15. The fourth-order valence-electron chi connectivity index (χ4n) is 3.09. The smallest absolute Gasteiger partial charge is 0.338 e. The molecule has 0 bridgehead atoms. The molecule has 168 valence electrons. The third kappa shape index (κ3) is 5.27. The van der Waals surface area contributed by atoms with Crippen molar-refractivity contribution in [2.24, 2.45) is 0 Å². The number of fused-ring (bicyclic) bond motifs is 1. The van der Waals surface area contributed by atoms with Crippen LogP contribution in [0.4, 0.5) is 5.69 Å². The van der Waals surface area contributed by atoms with E-state index in [0.717, 1.165) is 4.57 Å². The minimum absolute atomic E-state index is 0.187. The van der Waals surface area contributed by atoms with E-state index in [0.29, 0.717) is 28.5 Å². The standard InChI is InChI=1S/C24H21N3O6/c1-15-11-21-25-19(13-22(28)27(21)33-15)14-31-24(30)17-7-6-8-18(12-17)26-23(29)16(2)32-20-9-4-3-5-10-20/h3-13,16H,14H2,1-2H3,(H,26,29)/t16-/m1/s1. The number of amides is 1. The van der Waals surface area contributed by atoms with Gasteiger partial charge >= 0.3 is 5.97 Å². The molecule has 0 spiro atoms. The van der Waals surface area contributed by atoms with Crippen molar-refractivity contribution in [3.05, 3.63) is 94.1 Å². The van der Waals surface area contributed by atoms with Crippen molar-refractivity contribution in [1.29, 1.82) is 0 Å². The molecular weight excluding hydrogens is 426 g/mol. The Kier molecular flexibility index (Phi) is 6.21. The van der Waals surface area contributed by atoms with Crippen LogP contribution in [-0.2, 0) is 16.1 Å². The number of carbonyl (C=O) groups excluding carboxylic acids is 2. The topological polar surface area (TPSA) is 112 Å². The van der Waals surface area contributed by atoms with E-state index in [9.17, 15) is 14.4 Å². The van der Waals surface area contributed by atoms with Crippen molar-refractivity contribution in [2.75, 3.05) is 5.32 Å². The van der Waals surface area contributed by atoms with Gasteiger partial charge in [-0.15, -0.1) is 4.57 Å².